The molecule has 0 atom stereocenters. The Balaban J connectivity index is 1.90. The lowest BCUT2D eigenvalue weighted by Crippen LogP contribution is -2.19. The van der Waals surface area contributed by atoms with Crippen LogP contribution in [0.25, 0.3) is 0 Å². The molecule has 5 heteroatoms. The number of furan rings is 1. The SMILES string of the molecule is CCNCc1occc1CN(C)Cc1cscn1. The lowest BCUT2D eigenvalue weighted by Gasteiger charge is -2.15. The summed E-state index contributed by atoms with van der Waals surface area (Å²) in [5.41, 5.74) is 4.24. The molecule has 0 radical (unpaired) electrons. The Morgan fingerprint density at radius 1 is 1.44 bits per heavy atom. The molecular weight excluding hydrogens is 246 g/mol. The third-order valence-corrected chi connectivity index (χ3v) is 3.36. The normalized spacial score (nSPS) is 11.3. The summed E-state index contributed by atoms with van der Waals surface area (Å²) in [6, 6.07) is 2.05. The predicted molar refractivity (Wildman–Crippen MR) is 73.4 cm³/mol. The number of hydrogen-bond donors (Lipinski definition) is 1. The third kappa shape index (κ3) is 3.66. The lowest BCUT2D eigenvalue weighted by molar-refractivity contribution is 0.311. The van der Waals surface area contributed by atoms with E-state index < -0.39 is 0 Å². The van der Waals surface area contributed by atoms with Crippen molar-refractivity contribution >= 4 is 11.3 Å². The molecule has 0 saturated carbocycles. The number of nitrogens with zero attached hydrogens (tertiary/aromatic N) is 2. The highest BCUT2D eigenvalue weighted by molar-refractivity contribution is 7.07. The summed E-state index contributed by atoms with van der Waals surface area (Å²) < 4.78 is 5.50. The van der Waals surface area contributed by atoms with Gasteiger partial charge in [0.15, 0.2) is 0 Å². The Morgan fingerprint density at radius 2 is 2.33 bits per heavy atom. The van der Waals surface area contributed by atoms with Crippen molar-refractivity contribution in [3.05, 3.63) is 40.2 Å². The first-order valence-corrected chi connectivity index (χ1v) is 7.05. The first-order valence-electron chi connectivity index (χ1n) is 6.11. The summed E-state index contributed by atoms with van der Waals surface area (Å²) in [4.78, 5) is 6.54. The van der Waals surface area contributed by atoms with Gasteiger partial charge in [0.1, 0.15) is 5.76 Å². The fourth-order valence-corrected chi connectivity index (χ4v) is 2.39. The van der Waals surface area contributed by atoms with E-state index in [0.717, 1.165) is 37.6 Å². The summed E-state index contributed by atoms with van der Waals surface area (Å²) in [7, 11) is 2.10. The van der Waals surface area contributed by atoms with Crippen molar-refractivity contribution in [2.45, 2.75) is 26.6 Å². The largest absolute Gasteiger partial charge is 0.468 e. The van der Waals surface area contributed by atoms with Crippen LogP contribution in [-0.2, 0) is 19.6 Å². The quantitative estimate of drug-likeness (QED) is 0.835. The van der Waals surface area contributed by atoms with E-state index in [-0.39, 0.29) is 0 Å². The van der Waals surface area contributed by atoms with E-state index in [1.54, 1.807) is 17.6 Å². The van der Waals surface area contributed by atoms with Crippen LogP contribution in [0.3, 0.4) is 0 Å². The van der Waals surface area contributed by atoms with Crippen molar-refractivity contribution in [1.29, 1.82) is 0 Å². The maximum atomic E-state index is 5.50. The Kier molecular flexibility index (Phi) is 4.92. The van der Waals surface area contributed by atoms with E-state index in [1.807, 2.05) is 11.6 Å². The minimum atomic E-state index is 0.795. The molecule has 98 valence electrons. The predicted octanol–water partition coefficient (Wildman–Crippen LogP) is 2.48. The second kappa shape index (κ2) is 6.68. The van der Waals surface area contributed by atoms with Crippen molar-refractivity contribution < 1.29 is 4.42 Å². The van der Waals surface area contributed by atoms with Crippen LogP contribution < -0.4 is 5.32 Å². The number of aromatic nitrogens is 1. The Hall–Kier alpha value is -1.17. The van der Waals surface area contributed by atoms with Gasteiger partial charge in [-0.3, -0.25) is 4.90 Å². The summed E-state index contributed by atoms with van der Waals surface area (Å²) in [5.74, 6) is 1.03. The molecule has 1 N–H and O–H groups in total. The molecule has 0 spiro atoms. The van der Waals surface area contributed by atoms with Crippen molar-refractivity contribution in [1.82, 2.24) is 15.2 Å². The smallest absolute Gasteiger partial charge is 0.122 e. The van der Waals surface area contributed by atoms with Gasteiger partial charge in [-0.2, -0.15) is 0 Å². The van der Waals surface area contributed by atoms with Crippen molar-refractivity contribution in [3.63, 3.8) is 0 Å². The summed E-state index contributed by atoms with van der Waals surface area (Å²) in [6.07, 6.45) is 1.76. The van der Waals surface area contributed by atoms with Crippen molar-refractivity contribution in [2.24, 2.45) is 0 Å². The molecule has 2 heterocycles. The molecule has 2 rings (SSSR count). The minimum absolute atomic E-state index is 0.795. The van der Waals surface area contributed by atoms with Crippen LogP contribution in [0.4, 0.5) is 0 Å². The van der Waals surface area contributed by atoms with Gasteiger partial charge in [0.25, 0.3) is 0 Å². The van der Waals surface area contributed by atoms with Gasteiger partial charge in [-0.1, -0.05) is 6.92 Å². The van der Waals surface area contributed by atoms with E-state index in [0.29, 0.717) is 0 Å². The first-order chi connectivity index (χ1) is 8.79. The standard InChI is InChI=1S/C13H19N3OS/c1-3-14-6-13-11(4-5-17-13)7-16(2)8-12-9-18-10-15-12/h4-5,9-10,14H,3,6-8H2,1-2H3. The summed E-state index contributed by atoms with van der Waals surface area (Å²) in [5, 5.41) is 5.38. The molecule has 18 heavy (non-hydrogen) atoms. The van der Waals surface area contributed by atoms with Crippen LogP contribution in [0.5, 0.6) is 0 Å². The zero-order valence-electron chi connectivity index (χ0n) is 10.8. The highest BCUT2D eigenvalue weighted by Crippen LogP contribution is 2.14. The zero-order valence-corrected chi connectivity index (χ0v) is 11.7. The van der Waals surface area contributed by atoms with Crippen LogP contribution >= 0.6 is 11.3 Å². The molecule has 2 aromatic heterocycles. The molecular formula is C13H19N3OS. The average molecular weight is 265 g/mol. The maximum Gasteiger partial charge on any atom is 0.122 e. The van der Waals surface area contributed by atoms with Crippen LogP contribution in [0, 0.1) is 0 Å². The molecule has 0 amide bonds. The number of thiazole rings is 1. The van der Waals surface area contributed by atoms with Gasteiger partial charge < -0.3 is 9.73 Å². The molecule has 0 unspecified atom stereocenters. The first kappa shape index (κ1) is 13.3. The van der Waals surface area contributed by atoms with Gasteiger partial charge >= 0.3 is 0 Å². The van der Waals surface area contributed by atoms with Gasteiger partial charge in [0.05, 0.1) is 24.0 Å². The molecule has 0 bridgehead atoms. The number of hydrogen-bond acceptors (Lipinski definition) is 5. The third-order valence-electron chi connectivity index (χ3n) is 2.73. The Bertz CT molecular complexity index is 453. The Morgan fingerprint density at radius 3 is 3.06 bits per heavy atom. The van der Waals surface area contributed by atoms with Gasteiger partial charge in [0.2, 0.25) is 0 Å². The zero-order chi connectivity index (χ0) is 12.8. The second-order valence-electron chi connectivity index (χ2n) is 4.30. The number of nitrogens with one attached hydrogen (secondary N) is 1. The van der Waals surface area contributed by atoms with E-state index >= 15 is 0 Å². The molecule has 0 aliphatic rings. The maximum absolute atomic E-state index is 5.50. The molecule has 0 aliphatic carbocycles. The fourth-order valence-electron chi connectivity index (χ4n) is 1.84. The number of rotatable bonds is 7. The van der Waals surface area contributed by atoms with Crippen molar-refractivity contribution in [2.75, 3.05) is 13.6 Å². The second-order valence-corrected chi connectivity index (χ2v) is 5.02. The highest BCUT2D eigenvalue weighted by Gasteiger charge is 2.09. The van der Waals surface area contributed by atoms with Gasteiger partial charge in [-0.05, 0) is 19.7 Å². The molecule has 0 fully saturated rings. The molecule has 0 aromatic carbocycles. The summed E-state index contributed by atoms with van der Waals surface area (Å²) in [6.45, 7) is 5.60. The topological polar surface area (TPSA) is 41.3 Å². The van der Waals surface area contributed by atoms with Crippen molar-refractivity contribution in [3.8, 4) is 0 Å². The molecule has 2 aromatic rings. The van der Waals surface area contributed by atoms with E-state index in [2.05, 4.69) is 34.6 Å². The average Bonchev–Trinajstić information content (AvgIpc) is 2.98. The Labute approximate surface area is 112 Å². The van der Waals surface area contributed by atoms with Crippen LogP contribution in [0.15, 0.2) is 27.6 Å². The van der Waals surface area contributed by atoms with Gasteiger partial charge in [-0.15, -0.1) is 11.3 Å². The van der Waals surface area contributed by atoms with Gasteiger partial charge in [-0.25, -0.2) is 4.98 Å². The highest BCUT2D eigenvalue weighted by atomic mass is 32.1. The van der Waals surface area contributed by atoms with Crippen LogP contribution in [-0.4, -0.2) is 23.5 Å². The summed E-state index contributed by atoms with van der Waals surface area (Å²) >= 11 is 1.64. The lowest BCUT2D eigenvalue weighted by atomic mass is 10.2. The van der Waals surface area contributed by atoms with Gasteiger partial charge in [0, 0.05) is 24.0 Å². The monoisotopic (exact) mass is 265 g/mol. The van der Waals surface area contributed by atoms with E-state index in [4.69, 9.17) is 4.42 Å². The van der Waals surface area contributed by atoms with Crippen LogP contribution in [0.2, 0.25) is 0 Å². The van der Waals surface area contributed by atoms with E-state index in [9.17, 15) is 0 Å². The minimum Gasteiger partial charge on any atom is -0.468 e. The molecule has 0 saturated heterocycles. The molecule has 0 aliphatic heterocycles. The fraction of sp³-hybridized carbons (Fsp3) is 0.462. The molecule has 4 nitrogen and oxygen atoms in total. The van der Waals surface area contributed by atoms with Crippen LogP contribution in [0.1, 0.15) is 23.9 Å². The van der Waals surface area contributed by atoms with E-state index in [1.165, 1.54) is 5.56 Å².